The van der Waals surface area contributed by atoms with E-state index in [0.29, 0.717) is 11.5 Å². The number of benzene rings is 2. The zero-order chi connectivity index (χ0) is 14.9. The van der Waals surface area contributed by atoms with Crippen molar-refractivity contribution in [3.05, 3.63) is 59.9 Å². The molecule has 2 heterocycles. The number of hydrogen-bond donors (Lipinski definition) is 1. The van der Waals surface area contributed by atoms with Gasteiger partial charge in [-0.25, -0.2) is 4.39 Å². The minimum atomic E-state index is -0.252. The highest BCUT2D eigenvalue weighted by molar-refractivity contribution is 5.88. The Kier molecular flexibility index (Phi) is 3.43. The third-order valence-corrected chi connectivity index (χ3v) is 4.47. The molecule has 1 saturated heterocycles. The summed E-state index contributed by atoms with van der Waals surface area (Å²) in [6.07, 6.45) is 2.18. The lowest BCUT2D eigenvalue weighted by atomic mass is 9.87. The van der Waals surface area contributed by atoms with E-state index in [9.17, 15) is 4.39 Å². The van der Waals surface area contributed by atoms with E-state index in [2.05, 4.69) is 17.4 Å². The van der Waals surface area contributed by atoms with E-state index in [0.717, 1.165) is 42.6 Å². The van der Waals surface area contributed by atoms with Crippen LogP contribution in [0.1, 0.15) is 24.3 Å². The van der Waals surface area contributed by atoms with E-state index < -0.39 is 0 Å². The van der Waals surface area contributed by atoms with Crippen molar-refractivity contribution in [1.82, 2.24) is 5.32 Å². The van der Waals surface area contributed by atoms with Gasteiger partial charge in [0.15, 0.2) is 0 Å². The monoisotopic (exact) mass is 295 g/mol. The fraction of sp³-hybridized carbons (Fsp3) is 0.263. The van der Waals surface area contributed by atoms with Gasteiger partial charge in [0.1, 0.15) is 17.2 Å². The van der Waals surface area contributed by atoms with Crippen LogP contribution in [0.25, 0.3) is 22.3 Å². The van der Waals surface area contributed by atoms with Gasteiger partial charge >= 0.3 is 0 Å². The van der Waals surface area contributed by atoms with Gasteiger partial charge < -0.3 is 9.73 Å². The molecule has 0 radical (unpaired) electrons. The number of furan rings is 1. The predicted octanol–water partition coefficient (Wildman–Crippen LogP) is 4.71. The van der Waals surface area contributed by atoms with Crippen LogP contribution in [0.15, 0.2) is 52.9 Å². The summed E-state index contributed by atoms with van der Waals surface area (Å²) in [5.41, 5.74) is 2.95. The van der Waals surface area contributed by atoms with Crippen LogP contribution in [0.4, 0.5) is 4.39 Å². The zero-order valence-electron chi connectivity index (χ0n) is 12.3. The Morgan fingerprint density at radius 2 is 1.77 bits per heavy atom. The van der Waals surface area contributed by atoms with Gasteiger partial charge in [0, 0.05) is 22.6 Å². The summed E-state index contributed by atoms with van der Waals surface area (Å²) in [5.74, 6) is 1.11. The first-order valence-corrected chi connectivity index (χ1v) is 7.81. The number of rotatable bonds is 2. The first kappa shape index (κ1) is 13.5. The van der Waals surface area contributed by atoms with E-state index in [1.54, 1.807) is 0 Å². The molecule has 1 N–H and O–H groups in total. The van der Waals surface area contributed by atoms with Crippen LogP contribution in [-0.4, -0.2) is 13.1 Å². The van der Waals surface area contributed by atoms with Crippen molar-refractivity contribution < 1.29 is 8.81 Å². The Morgan fingerprint density at radius 3 is 2.55 bits per heavy atom. The lowest BCUT2D eigenvalue weighted by Crippen LogP contribution is -2.26. The van der Waals surface area contributed by atoms with Crippen LogP contribution in [0.2, 0.25) is 0 Å². The van der Waals surface area contributed by atoms with E-state index in [4.69, 9.17) is 4.42 Å². The lowest BCUT2D eigenvalue weighted by Gasteiger charge is -2.23. The molecule has 0 aliphatic carbocycles. The molecule has 0 unspecified atom stereocenters. The van der Waals surface area contributed by atoms with Gasteiger partial charge in [-0.2, -0.15) is 0 Å². The molecule has 0 amide bonds. The summed E-state index contributed by atoms with van der Waals surface area (Å²) < 4.78 is 19.6. The zero-order valence-corrected chi connectivity index (χ0v) is 12.3. The van der Waals surface area contributed by atoms with Crippen molar-refractivity contribution in [1.29, 1.82) is 0 Å². The second kappa shape index (κ2) is 5.58. The molecule has 22 heavy (non-hydrogen) atoms. The van der Waals surface area contributed by atoms with Crippen molar-refractivity contribution in [2.75, 3.05) is 13.1 Å². The highest BCUT2D eigenvalue weighted by Gasteiger charge is 2.25. The average Bonchev–Trinajstić information content (AvgIpc) is 2.95. The van der Waals surface area contributed by atoms with E-state index >= 15 is 0 Å². The molecule has 3 heteroatoms. The standard InChI is InChI=1S/C19H18FNO/c20-15-6-7-16-17(12-15)22-19(14-4-2-1-3-5-14)18(16)13-8-10-21-11-9-13/h1-7,12-13,21H,8-11H2. The summed E-state index contributed by atoms with van der Waals surface area (Å²) in [4.78, 5) is 0. The molecule has 0 spiro atoms. The van der Waals surface area contributed by atoms with E-state index in [1.807, 2.05) is 24.3 Å². The first-order valence-electron chi connectivity index (χ1n) is 7.81. The Bertz CT molecular complexity index is 788. The Balaban J connectivity index is 1.93. The Hall–Kier alpha value is -2.13. The topological polar surface area (TPSA) is 25.2 Å². The van der Waals surface area contributed by atoms with Crippen LogP contribution in [0.5, 0.6) is 0 Å². The second-order valence-electron chi connectivity index (χ2n) is 5.88. The summed E-state index contributed by atoms with van der Waals surface area (Å²) in [5, 5.41) is 4.45. The Labute approximate surface area is 128 Å². The second-order valence-corrected chi connectivity index (χ2v) is 5.88. The van der Waals surface area contributed by atoms with Crippen LogP contribution in [-0.2, 0) is 0 Å². The summed E-state index contributed by atoms with van der Waals surface area (Å²) >= 11 is 0. The van der Waals surface area contributed by atoms with Crippen molar-refractivity contribution in [2.24, 2.45) is 0 Å². The molecule has 1 aromatic heterocycles. The van der Waals surface area contributed by atoms with Crippen LogP contribution < -0.4 is 5.32 Å². The van der Waals surface area contributed by atoms with Crippen LogP contribution >= 0.6 is 0 Å². The fourth-order valence-electron chi connectivity index (χ4n) is 3.41. The molecule has 1 aliphatic rings. The van der Waals surface area contributed by atoms with Crippen LogP contribution in [0.3, 0.4) is 0 Å². The lowest BCUT2D eigenvalue weighted by molar-refractivity contribution is 0.459. The van der Waals surface area contributed by atoms with Crippen molar-refractivity contribution >= 4 is 11.0 Å². The molecular formula is C19H18FNO. The van der Waals surface area contributed by atoms with Crippen molar-refractivity contribution in [2.45, 2.75) is 18.8 Å². The largest absolute Gasteiger partial charge is 0.456 e. The maximum atomic E-state index is 13.6. The number of hydrogen-bond acceptors (Lipinski definition) is 2. The quantitative estimate of drug-likeness (QED) is 0.741. The molecule has 112 valence electrons. The molecule has 0 bridgehead atoms. The molecule has 0 saturated carbocycles. The third kappa shape index (κ3) is 2.32. The summed E-state index contributed by atoms with van der Waals surface area (Å²) in [7, 11) is 0. The molecule has 2 aromatic carbocycles. The predicted molar refractivity (Wildman–Crippen MR) is 86.5 cm³/mol. The van der Waals surface area contributed by atoms with Gasteiger partial charge in [0.05, 0.1) is 0 Å². The number of nitrogens with one attached hydrogen (secondary N) is 1. The maximum Gasteiger partial charge on any atom is 0.138 e. The average molecular weight is 295 g/mol. The smallest absolute Gasteiger partial charge is 0.138 e. The van der Waals surface area contributed by atoms with Gasteiger partial charge in [0.2, 0.25) is 0 Å². The van der Waals surface area contributed by atoms with Gasteiger partial charge in [0.25, 0.3) is 0 Å². The summed E-state index contributed by atoms with van der Waals surface area (Å²) in [6.45, 7) is 2.04. The SMILES string of the molecule is Fc1ccc2c(C3CCNCC3)c(-c3ccccc3)oc2c1. The molecule has 3 aromatic rings. The van der Waals surface area contributed by atoms with Crippen molar-refractivity contribution in [3.8, 4) is 11.3 Å². The number of fused-ring (bicyclic) bond motifs is 1. The normalized spacial score (nSPS) is 16.2. The molecule has 2 nitrogen and oxygen atoms in total. The van der Waals surface area contributed by atoms with E-state index in [-0.39, 0.29) is 5.82 Å². The molecule has 1 aliphatic heterocycles. The van der Waals surface area contributed by atoms with Gasteiger partial charge in [-0.15, -0.1) is 0 Å². The molecular weight excluding hydrogens is 277 g/mol. The van der Waals surface area contributed by atoms with Gasteiger partial charge in [-0.05, 0) is 44.0 Å². The summed E-state index contributed by atoms with van der Waals surface area (Å²) in [6, 6.07) is 15.0. The number of halogens is 1. The van der Waals surface area contributed by atoms with Gasteiger partial charge in [-0.1, -0.05) is 30.3 Å². The first-order chi connectivity index (χ1) is 10.8. The highest BCUT2D eigenvalue weighted by Crippen LogP contribution is 2.41. The molecule has 4 rings (SSSR count). The molecule has 0 atom stereocenters. The van der Waals surface area contributed by atoms with E-state index in [1.165, 1.54) is 17.7 Å². The fourth-order valence-corrected chi connectivity index (χ4v) is 3.41. The van der Waals surface area contributed by atoms with Gasteiger partial charge in [-0.3, -0.25) is 0 Å². The van der Waals surface area contributed by atoms with Crippen molar-refractivity contribution in [3.63, 3.8) is 0 Å². The Morgan fingerprint density at radius 1 is 1.00 bits per heavy atom. The minimum Gasteiger partial charge on any atom is -0.456 e. The number of piperidine rings is 1. The van der Waals surface area contributed by atoms with Crippen LogP contribution in [0, 0.1) is 5.82 Å². The third-order valence-electron chi connectivity index (χ3n) is 4.47. The maximum absolute atomic E-state index is 13.6. The molecule has 1 fully saturated rings. The minimum absolute atomic E-state index is 0.252. The highest BCUT2D eigenvalue weighted by atomic mass is 19.1.